The fourth-order valence-electron chi connectivity index (χ4n) is 1.34. The molecule has 5 heteroatoms. The average Bonchev–Trinajstić information content (AvgIpc) is 2.14. The SMILES string of the molecule is O=C1CCOc2c(Cl)cc(Cl)c(Cl)c21. The molecule has 1 aromatic carbocycles. The Morgan fingerprint density at radius 1 is 1.21 bits per heavy atom. The summed E-state index contributed by atoms with van der Waals surface area (Å²) in [5.74, 6) is 0.262. The van der Waals surface area contributed by atoms with Gasteiger partial charge in [-0.3, -0.25) is 4.79 Å². The summed E-state index contributed by atoms with van der Waals surface area (Å²) in [7, 11) is 0. The maximum atomic E-state index is 11.5. The molecule has 14 heavy (non-hydrogen) atoms. The minimum Gasteiger partial charge on any atom is -0.491 e. The fraction of sp³-hybridized carbons (Fsp3) is 0.222. The summed E-state index contributed by atoms with van der Waals surface area (Å²) in [4.78, 5) is 11.5. The van der Waals surface area contributed by atoms with Gasteiger partial charge in [0.15, 0.2) is 5.78 Å². The van der Waals surface area contributed by atoms with Crippen LogP contribution in [0, 0.1) is 0 Å². The first-order valence-corrected chi connectivity index (χ1v) is 5.08. The number of carbonyl (C=O) groups excluding carboxylic acids is 1. The Kier molecular flexibility index (Phi) is 2.60. The van der Waals surface area contributed by atoms with E-state index >= 15 is 0 Å². The number of fused-ring (bicyclic) bond motifs is 1. The second-order valence-corrected chi connectivity index (χ2v) is 4.07. The number of ketones is 1. The average molecular weight is 251 g/mol. The van der Waals surface area contributed by atoms with E-state index in [0.717, 1.165) is 0 Å². The summed E-state index contributed by atoms with van der Waals surface area (Å²) < 4.78 is 5.26. The zero-order chi connectivity index (χ0) is 10.3. The van der Waals surface area contributed by atoms with Crippen molar-refractivity contribution >= 4 is 40.6 Å². The zero-order valence-electron chi connectivity index (χ0n) is 6.94. The van der Waals surface area contributed by atoms with Gasteiger partial charge in [-0.05, 0) is 6.07 Å². The Balaban J connectivity index is 2.73. The predicted octanol–water partition coefficient (Wildman–Crippen LogP) is 3.61. The van der Waals surface area contributed by atoms with E-state index in [9.17, 15) is 4.79 Å². The molecular formula is C9H5Cl3O2. The van der Waals surface area contributed by atoms with Crippen LogP contribution in [0.25, 0.3) is 0 Å². The number of hydrogen-bond acceptors (Lipinski definition) is 2. The van der Waals surface area contributed by atoms with Gasteiger partial charge >= 0.3 is 0 Å². The van der Waals surface area contributed by atoms with Crippen LogP contribution in [-0.4, -0.2) is 12.4 Å². The van der Waals surface area contributed by atoms with Crippen LogP contribution in [0.5, 0.6) is 5.75 Å². The van der Waals surface area contributed by atoms with E-state index in [2.05, 4.69) is 0 Å². The number of halogens is 3. The smallest absolute Gasteiger partial charge is 0.171 e. The summed E-state index contributed by atoms with van der Waals surface area (Å²) in [6.07, 6.45) is 0.309. The summed E-state index contributed by atoms with van der Waals surface area (Å²) in [5, 5.41) is 0.812. The number of rotatable bonds is 0. The first-order valence-electron chi connectivity index (χ1n) is 3.94. The fourth-order valence-corrected chi connectivity index (χ4v) is 2.10. The molecule has 0 spiro atoms. The van der Waals surface area contributed by atoms with E-state index in [-0.39, 0.29) is 15.8 Å². The van der Waals surface area contributed by atoms with Gasteiger partial charge < -0.3 is 4.74 Å². The topological polar surface area (TPSA) is 26.3 Å². The van der Waals surface area contributed by atoms with Crippen molar-refractivity contribution in [1.29, 1.82) is 0 Å². The molecule has 0 fully saturated rings. The van der Waals surface area contributed by atoms with Crippen LogP contribution in [0.3, 0.4) is 0 Å². The van der Waals surface area contributed by atoms with Crippen LogP contribution in [0.15, 0.2) is 6.07 Å². The van der Waals surface area contributed by atoms with Gasteiger partial charge in [-0.15, -0.1) is 0 Å². The first-order chi connectivity index (χ1) is 6.61. The molecule has 0 atom stereocenters. The Hall–Kier alpha value is -0.440. The lowest BCUT2D eigenvalue weighted by Gasteiger charge is -2.18. The van der Waals surface area contributed by atoms with Gasteiger partial charge in [-0.25, -0.2) is 0 Å². The maximum Gasteiger partial charge on any atom is 0.171 e. The van der Waals surface area contributed by atoms with Crippen molar-refractivity contribution in [3.63, 3.8) is 0 Å². The molecule has 1 aliphatic rings. The minimum absolute atomic E-state index is 0.0827. The molecule has 0 unspecified atom stereocenters. The van der Waals surface area contributed by atoms with E-state index < -0.39 is 0 Å². The quantitative estimate of drug-likeness (QED) is 0.658. The molecule has 1 heterocycles. The molecule has 1 aromatic rings. The monoisotopic (exact) mass is 250 g/mol. The molecule has 0 radical (unpaired) electrons. The highest BCUT2D eigenvalue weighted by Gasteiger charge is 2.25. The molecule has 0 aliphatic carbocycles. The van der Waals surface area contributed by atoms with Gasteiger partial charge in [0.1, 0.15) is 5.75 Å². The van der Waals surface area contributed by atoms with Gasteiger partial charge in [0.05, 0.1) is 27.2 Å². The van der Waals surface area contributed by atoms with Crippen LogP contribution < -0.4 is 4.74 Å². The van der Waals surface area contributed by atoms with Crippen molar-refractivity contribution in [2.24, 2.45) is 0 Å². The van der Waals surface area contributed by atoms with Crippen molar-refractivity contribution in [3.05, 3.63) is 26.7 Å². The highest BCUT2D eigenvalue weighted by molar-refractivity contribution is 6.46. The van der Waals surface area contributed by atoms with Crippen LogP contribution in [0.1, 0.15) is 16.8 Å². The third kappa shape index (κ3) is 1.48. The summed E-state index contributed by atoms with van der Waals surface area (Å²) in [6, 6.07) is 1.48. The number of Topliss-reactive ketones (excluding diaryl/α,β-unsaturated/α-hetero) is 1. The standard InChI is InChI=1S/C9H5Cl3O2/c10-4-3-5(11)9-7(8(4)12)6(13)1-2-14-9/h3H,1-2H2. The van der Waals surface area contributed by atoms with Crippen molar-refractivity contribution < 1.29 is 9.53 Å². The molecule has 74 valence electrons. The van der Waals surface area contributed by atoms with E-state index in [1.807, 2.05) is 0 Å². The summed E-state index contributed by atoms with van der Waals surface area (Å²) >= 11 is 17.5. The summed E-state index contributed by atoms with van der Waals surface area (Å²) in [5.41, 5.74) is 0.301. The van der Waals surface area contributed by atoms with Crippen molar-refractivity contribution in [2.45, 2.75) is 6.42 Å². The Labute approximate surface area is 95.7 Å². The normalized spacial score (nSPS) is 14.9. The number of ether oxygens (including phenoxy) is 1. The first kappa shape index (κ1) is 10.1. The van der Waals surface area contributed by atoms with Gasteiger partial charge in [0.25, 0.3) is 0 Å². The third-order valence-corrected chi connectivity index (χ3v) is 3.05. The van der Waals surface area contributed by atoms with Crippen molar-refractivity contribution in [3.8, 4) is 5.75 Å². The highest BCUT2D eigenvalue weighted by atomic mass is 35.5. The molecule has 2 rings (SSSR count). The van der Waals surface area contributed by atoms with Crippen LogP contribution in [0.2, 0.25) is 15.1 Å². The molecule has 2 nitrogen and oxygen atoms in total. The lowest BCUT2D eigenvalue weighted by molar-refractivity contribution is 0.0934. The molecule has 0 saturated heterocycles. The molecule has 0 aromatic heterocycles. The number of hydrogen-bond donors (Lipinski definition) is 0. The molecule has 1 aliphatic heterocycles. The molecule has 0 bridgehead atoms. The van der Waals surface area contributed by atoms with Crippen LogP contribution >= 0.6 is 34.8 Å². The molecule has 0 amide bonds. The highest BCUT2D eigenvalue weighted by Crippen LogP contribution is 2.41. The summed E-state index contributed by atoms with van der Waals surface area (Å²) in [6.45, 7) is 0.337. The lowest BCUT2D eigenvalue weighted by Crippen LogP contribution is -2.16. The largest absolute Gasteiger partial charge is 0.491 e. The Morgan fingerprint density at radius 3 is 2.64 bits per heavy atom. The maximum absolute atomic E-state index is 11.5. The number of carbonyl (C=O) groups is 1. The van der Waals surface area contributed by atoms with Crippen LogP contribution in [0.4, 0.5) is 0 Å². The predicted molar refractivity (Wildman–Crippen MR) is 55.9 cm³/mol. The van der Waals surface area contributed by atoms with Crippen LogP contribution in [-0.2, 0) is 0 Å². The molecule has 0 N–H and O–H groups in total. The minimum atomic E-state index is -0.0827. The van der Waals surface area contributed by atoms with E-state index in [0.29, 0.717) is 29.4 Å². The van der Waals surface area contributed by atoms with Gasteiger partial charge in [-0.2, -0.15) is 0 Å². The Morgan fingerprint density at radius 2 is 1.93 bits per heavy atom. The van der Waals surface area contributed by atoms with E-state index in [4.69, 9.17) is 39.5 Å². The van der Waals surface area contributed by atoms with Gasteiger partial charge in [-0.1, -0.05) is 34.8 Å². The second-order valence-electron chi connectivity index (χ2n) is 2.88. The van der Waals surface area contributed by atoms with Gasteiger partial charge in [0.2, 0.25) is 0 Å². The van der Waals surface area contributed by atoms with Crippen molar-refractivity contribution in [1.82, 2.24) is 0 Å². The van der Waals surface area contributed by atoms with E-state index in [1.54, 1.807) is 0 Å². The third-order valence-electron chi connectivity index (χ3n) is 1.98. The van der Waals surface area contributed by atoms with Crippen molar-refractivity contribution in [2.75, 3.05) is 6.61 Å². The van der Waals surface area contributed by atoms with Gasteiger partial charge in [0, 0.05) is 6.42 Å². The molecule has 0 saturated carbocycles. The zero-order valence-corrected chi connectivity index (χ0v) is 9.21. The molecular weight excluding hydrogens is 246 g/mol. The Bertz CT molecular complexity index is 415. The van der Waals surface area contributed by atoms with E-state index in [1.165, 1.54) is 6.07 Å². The second kappa shape index (κ2) is 3.61. The lowest BCUT2D eigenvalue weighted by atomic mass is 10.1. The number of benzene rings is 1.